The van der Waals surface area contributed by atoms with Gasteiger partial charge in [0.1, 0.15) is 5.75 Å². The van der Waals surface area contributed by atoms with Crippen LogP contribution in [0.15, 0.2) is 48.5 Å². The van der Waals surface area contributed by atoms with Gasteiger partial charge in [0.15, 0.2) is 0 Å². The first kappa shape index (κ1) is 18.5. The Bertz CT molecular complexity index is 757. The van der Waals surface area contributed by atoms with Crippen LogP contribution < -0.4 is 9.64 Å². The van der Waals surface area contributed by atoms with Crippen LogP contribution in [0.4, 0.5) is 5.69 Å². The van der Waals surface area contributed by atoms with Crippen LogP contribution in [0.1, 0.15) is 17.5 Å². The maximum absolute atomic E-state index is 13.0. The number of fused-ring (bicyclic) bond motifs is 1. The van der Waals surface area contributed by atoms with Gasteiger partial charge in [0, 0.05) is 25.2 Å². The number of hydrogen-bond donors (Lipinski definition) is 0. The topological polar surface area (TPSA) is 32.8 Å². The summed E-state index contributed by atoms with van der Waals surface area (Å²) in [7, 11) is 5.86. The molecule has 1 amide bonds. The van der Waals surface area contributed by atoms with Gasteiger partial charge < -0.3 is 14.5 Å². The molecular weight excluding hydrogens is 324 g/mol. The Morgan fingerprint density at radius 1 is 1.15 bits per heavy atom. The Kier molecular flexibility index (Phi) is 5.94. The second-order valence-corrected chi connectivity index (χ2v) is 7.28. The van der Waals surface area contributed by atoms with E-state index >= 15 is 0 Å². The highest BCUT2D eigenvalue weighted by Crippen LogP contribution is 2.31. The molecule has 0 saturated carbocycles. The van der Waals surface area contributed by atoms with Crippen LogP contribution in [0.2, 0.25) is 0 Å². The van der Waals surface area contributed by atoms with Crippen molar-refractivity contribution in [2.75, 3.05) is 39.2 Å². The summed E-state index contributed by atoms with van der Waals surface area (Å²) < 4.78 is 5.41. The lowest BCUT2D eigenvalue weighted by molar-refractivity contribution is -0.118. The normalized spacial score (nSPS) is 16.5. The van der Waals surface area contributed by atoms with Crippen molar-refractivity contribution in [1.29, 1.82) is 0 Å². The highest BCUT2D eigenvalue weighted by molar-refractivity contribution is 5.94. The van der Waals surface area contributed by atoms with E-state index in [1.54, 1.807) is 7.11 Å². The summed E-state index contributed by atoms with van der Waals surface area (Å²) in [5.74, 6) is 1.51. The third kappa shape index (κ3) is 4.25. The number of aryl methyl sites for hydroxylation is 1. The van der Waals surface area contributed by atoms with Gasteiger partial charge in [-0.05, 0) is 56.1 Å². The number of ether oxygens (including phenoxy) is 1. The van der Waals surface area contributed by atoms with Crippen molar-refractivity contribution in [2.45, 2.75) is 19.3 Å². The summed E-state index contributed by atoms with van der Waals surface area (Å²) in [6.45, 7) is 1.78. The summed E-state index contributed by atoms with van der Waals surface area (Å²) in [6.07, 6.45) is 2.22. The molecule has 1 aliphatic heterocycles. The molecule has 4 heteroatoms. The summed E-state index contributed by atoms with van der Waals surface area (Å²) in [4.78, 5) is 17.2. The van der Waals surface area contributed by atoms with Crippen LogP contribution in [0.25, 0.3) is 0 Å². The Balaban J connectivity index is 1.74. The summed E-state index contributed by atoms with van der Waals surface area (Å²) in [5, 5.41) is 0. The van der Waals surface area contributed by atoms with Gasteiger partial charge in [-0.25, -0.2) is 0 Å². The number of anilines is 1. The van der Waals surface area contributed by atoms with Gasteiger partial charge in [-0.3, -0.25) is 4.79 Å². The SMILES string of the molecule is COc1ccccc1CCC(=O)N1CC(CN(C)C)Cc2ccccc21. The standard InChI is InChI=1S/C22H28N2O2/c1-23(2)15-17-14-19-9-4-6-10-20(19)24(16-17)22(25)13-12-18-8-5-7-11-21(18)26-3/h4-11,17H,12-16H2,1-3H3. The molecule has 2 aromatic rings. The highest BCUT2D eigenvalue weighted by Gasteiger charge is 2.28. The first-order chi connectivity index (χ1) is 12.6. The molecule has 138 valence electrons. The van der Waals surface area contributed by atoms with E-state index in [0.717, 1.165) is 36.5 Å². The second kappa shape index (κ2) is 8.37. The number of nitrogens with zero attached hydrogens (tertiary/aromatic N) is 2. The maximum atomic E-state index is 13.0. The predicted molar refractivity (Wildman–Crippen MR) is 106 cm³/mol. The van der Waals surface area contributed by atoms with Crippen LogP contribution in [-0.4, -0.2) is 45.1 Å². The smallest absolute Gasteiger partial charge is 0.227 e. The molecule has 2 aromatic carbocycles. The molecule has 0 saturated heterocycles. The average Bonchev–Trinajstić information content (AvgIpc) is 2.65. The molecule has 3 rings (SSSR count). The van der Waals surface area contributed by atoms with Crippen LogP contribution >= 0.6 is 0 Å². The fraction of sp³-hybridized carbons (Fsp3) is 0.409. The van der Waals surface area contributed by atoms with Crippen LogP contribution in [-0.2, 0) is 17.6 Å². The van der Waals surface area contributed by atoms with E-state index in [4.69, 9.17) is 4.74 Å². The van der Waals surface area contributed by atoms with Gasteiger partial charge in [-0.15, -0.1) is 0 Å². The van der Waals surface area contributed by atoms with E-state index in [1.807, 2.05) is 35.2 Å². The molecule has 0 bridgehead atoms. The minimum atomic E-state index is 0.187. The molecule has 4 nitrogen and oxygen atoms in total. The van der Waals surface area contributed by atoms with Gasteiger partial charge in [-0.1, -0.05) is 36.4 Å². The van der Waals surface area contributed by atoms with Gasteiger partial charge in [-0.2, -0.15) is 0 Å². The number of amides is 1. The fourth-order valence-electron chi connectivity index (χ4n) is 3.84. The zero-order valence-corrected chi connectivity index (χ0v) is 15.9. The van der Waals surface area contributed by atoms with E-state index in [0.29, 0.717) is 18.8 Å². The number of carbonyl (C=O) groups excluding carboxylic acids is 1. The average molecular weight is 352 g/mol. The van der Waals surface area contributed by atoms with Crippen LogP contribution in [0, 0.1) is 5.92 Å². The molecular formula is C22H28N2O2. The molecule has 1 unspecified atom stereocenters. The van der Waals surface area contributed by atoms with E-state index in [2.05, 4.69) is 37.2 Å². The van der Waals surface area contributed by atoms with Crippen molar-refractivity contribution in [3.63, 3.8) is 0 Å². The molecule has 0 spiro atoms. The first-order valence-electron chi connectivity index (χ1n) is 9.23. The van der Waals surface area contributed by atoms with Crippen LogP contribution in [0.3, 0.4) is 0 Å². The maximum Gasteiger partial charge on any atom is 0.227 e. The summed E-state index contributed by atoms with van der Waals surface area (Å²) >= 11 is 0. The second-order valence-electron chi connectivity index (χ2n) is 7.28. The highest BCUT2D eigenvalue weighted by atomic mass is 16.5. The van der Waals surface area contributed by atoms with Crippen molar-refractivity contribution in [3.8, 4) is 5.75 Å². The number of methoxy groups -OCH3 is 1. The third-order valence-corrected chi connectivity index (χ3v) is 4.96. The molecule has 1 atom stereocenters. The number of hydrogen-bond acceptors (Lipinski definition) is 3. The minimum absolute atomic E-state index is 0.187. The van der Waals surface area contributed by atoms with Crippen molar-refractivity contribution < 1.29 is 9.53 Å². The molecule has 1 heterocycles. The number of rotatable bonds is 6. The fourth-order valence-corrected chi connectivity index (χ4v) is 3.84. The van der Waals surface area contributed by atoms with E-state index in [-0.39, 0.29) is 5.91 Å². The molecule has 0 radical (unpaired) electrons. The summed E-state index contributed by atoms with van der Waals surface area (Å²) in [5.41, 5.74) is 3.43. The first-order valence-corrected chi connectivity index (χ1v) is 9.23. The summed E-state index contributed by atoms with van der Waals surface area (Å²) in [6, 6.07) is 16.2. The number of carbonyl (C=O) groups is 1. The van der Waals surface area contributed by atoms with Crippen molar-refractivity contribution >= 4 is 11.6 Å². The lowest BCUT2D eigenvalue weighted by Crippen LogP contribution is -2.43. The number of para-hydroxylation sites is 2. The molecule has 1 aliphatic rings. The Morgan fingerprint density at radius 2 is 1.88 bits per heavy atom. The molecule has 0 fully saturated rings. The van der Waals surface area contributed by atoms with Gasteiger partial charge in [0.05, 0.1) is 7.11 Å². The zero-order chi connectivity index (χ0) is 18.5. The van der Waals surface area contributed by atoms with E-state index in [1.165, 1.54) is 5.56 Å². The zero-order valence-electron chi connectivity index (χ0n) is 15.9. The number of benzene rings is 2. The molecule has 0 aliphatic carbocycles. The molecule has 26 heavy (non-hydrogen) atoms. The van der Waals surface area contributed by atoms with Crippen molar-refractivity contribution in [2.24, 2.45) is 5.92 Å². The van der Waals surface area contributed by atoms with Crippen LogP contribution in [0.5, 0.6) is 5.75 Å². The van der Waals surface area contributed by atoms with Gasteiger partial charge in [0.2, 0.25) is 5.91 Å². The van der Waals surface area contributed by atoms with E-state index < -0.39 is 0 Å². The van der Waals surface area contributed by atoms with E-state index in [9.17, 15) is 4.79 Å². The predicted octanol–water partition coefficient (Wildman–Crippen LogP) is 3.39. The quantitative estimate of drug-likeness (QED) is 0.799. The lowest BCUT2D eigenvalue weighted by atomic mass is 9.91. The Morgan fingerprint density at radius 3 is 2.65 bits per heavy atom. The van der Waals surface area contributed by atoms with Crippen molar-refractivity contribution in [1.82, 2.24) is 4.90 Å². The van der Waals surface area contributed by atoms with Gasteiger partial charge in [0.25, 0.3) is 0 Å². The third-order valence-electron chi connectivity index (χ3n) is 4.96. The monoisotopic (exact) mass is 352 g/mol. The Hall–Kier alpha value is -2.33. The molecule has 0 aromatic heterocycles. The molecule has 0 N–H and O–H groups in total. The largest absolute Gasteiger partial charge is 0.496 e. The Labute approximate surface area is 156 Å². The minimum Gasteiger partial charge on any atom is -0.496 e. The van der Waals surface area contributed by atoms with Crippen molar-refractivity contribution in [3.05, 3.63) is 59.7 Å². The lowest BCUT2D eigenvalue weighted by Gasteiger charge is -2.36. The van der Waals surface area contributed by atoms with Gasteiger partial charge >= 0.3 is 0 Å².